The predicted molar refractivity (Wildman–Crippen MR) is 103 cm³/mol. The van der Waals surface area contributed by atoms with E-state index in [1.54, 1.807) is 29.2 Å². The van der Waals surface area contributed by atoms with Crippen LogP contribution >= 0.6 is 0 Å². The van der Waals surface area contributed by atoms with Crippen LogP contribution in [0.1, 0.15) is 38.2 Å². The third-order valence-corrected chi connectivity index (χ3v) is 5.80. The number of methoxy groups -OCH3 is 1. The summed E-state index contributed by atoms with van der Waals surface area (Å²) in [6.07, 6.45) is 1.87. The molecule has 7 heteroatoms. The zero-order chi connectivity index (χ0) is 20.3. The zero-order valence-corrected chi connectivity index (χ0v) is 16.8. The number of benzene rings is 1. The Kier molecular flexibility index (Phi) is 6.03. The first-order valence-corrected chi connectivity index (χ1v) is 9.76. The van der Waals surface area contributed by atoms with E-state index in [-0.39, 0.29) is 36.7 Å². The van der Waals surface area contributed by atoms with E-state index in [9.17, 15) is 14.4 Å². The molecular formula is C21H28N2O5. The number of nitrogens with zero attached hydrogens (tertiary/aromatic N) is 2. The van der Waals surface area contributed by atoms with E-state index < -0.39 is 5.41 Å². The Bertz CT molecular complexity index is 759. The molecule has 2 fully saturated rings. The molecule has 0 spiro atoms. The number of rotatable bonds is 7. The van der Waals surface area contributed by atoms with E-state index in [1.807, 2.05) is 6.92 Å². The molecule has 3 rings (SSSR count). The monoisotopic (exact) mass is 388 g/mol. The van der Waals surface area contributed by atoms with Crippen LogP contribution in [-0.2, 0) is 24.5 Å². The average molecular weight is 388 g/mol. The molecule has 2 unspecified atom stereocenters. The quantitative estimate of drug-likeness (QED) is 0.665. The number of hydrogen-bond donors (Lipinski definition) is 0. The summed E-state index contributed by atoms with van der Waals surface area (Å²) in [6.45, 7) is 3.67. The topological polar surface area (TPSA) is 76.2 Å². The number of ether oxygens (including phenoxy) is 2. The number of likely N-dealkylation sites (N-methyl/N-ethyl adjacent to an activating group) is 2. The van der Waals surface area contributed by atoms with E-state index in [0.717, 1.165) is 24.3 Å². The second-order valence-electron chi connectivity index (χ2n) is 7.46. The molecule has 1 aromatic rings. The molecule has 0 N–H and O–H groups in total. The molecule has 2 heterocycles. The number of hydrogen-bond acceptors (Lipinski definition) is 5. The van der Waals surface area contributed by atoms with Crippen molar-refractivity contribution >= 4 is 17.7 Å². The van der Waals surface area contributed by atoms with Gasteiger partial charge >= 0.3 is 0 Å². The third-order valence-electron chi connectivity index (χ3n) is 5.80. The lowest BCUT2D eigenvalue weighted by molar-refractivity contribution is -0.142. The maximum atomic E-state index is 13.2. The second-order valence-corrected chi connectivity index (χ2v) is 7.46. The minimum Gasteiger partial charge on any atom is -0.496 e. The minimum absolute atomic E-state index is 0.0358. The fourth-order valence-electron chi connectivity index (χ4n) is 4.18. The summed E-state index contributed by atoms with van der Waals surface area (Å²) in [5, 5.41) is 0. The molecule has 152 valence electrons. The highest BCUT2D eigenvalue weighted by atomic mass is 16.5. The molecule has 0 aromatic heterocycles. The van der Waals surface area contributed by atoms with E-state index in [1.165, 1.54) is 14.2 Å². The smallest absolute Gasteiger partial charge is 0.240 e. The molecule has 0 saturated carbocycles. The van der Waals surface area contributed by atoms with E-state index in [0.29, 0.717) is 24.4 Å². The summed E-state index contributed by atoms with van der Waals surface area (Å²) in [7, 11) is 2.99. The summed E-state index contributed by atoms with van der Waals surface area (Å²) in [5.74, 6) is -0.288. The predicted octanol–water partition coefficient (Wildman–Crippen LogP) is 1.74. The summed E-state index contributed by atoms with van der Waals surface area (Å²) < 4.78 is 11.1. The van der Waals surface area contributed by atoms with Gasteiger partial charge in [-0.1, -0.05) is 18.2 Å². The van der Waals surface area contributed by atoms with Gasteiger partial charge in [0.25, 0.3) is 0 Å². The minimum atomic E-state index is -1.24. The molecule has 7 nitrogen and oxygen atoms in total. The highest BCUT2D eigenvalue weighted by Gasteiger charge is 2.54. The van der Waals surface area contributed by atoms with Gasteiger partial charge in [-0.2, -0.15) is 0 Å². The van der Waals surface area contributed by atoms with Crippen molar-refractivity contribution in [3.63, 3.8) is 0 Å². The molecule has 28 heavy (non-hydrogen) atoms. The van der Waals surface area contributed by atoms with Gasteiger partial charge in [-0.05, 0) is 25.8 Å². The van der Waals surface area contributed by atoms with Crippen molar-refractivity contribution in [1.29, 1.82) is 0 Å². The van der Waals surface area contributed by atoms with Crippen molar-refractivity contribution < 1.29 is 23.9 Å². The fraction of sp³-hybridized carbons (Fsp3) is 0.571. The Morgan fingerprint density at radius 1 is 1.36 bits per heavy atom. The number of carbonyl (C=O) groups is 3. The Morgan fingerprint density at radius 3 is 2.68 bits per heavy atom. The number of carbonyl (C=O) groups excluding carboxylic acids is 3. The molecule has 2 aliphatic rings. The summed E-state index contributed by atoms with van der Waals surface area (Å²) in [6, 6.07) is 7.12. The van der Waals surface area contributed by atoms with Gasteiger partial charge in [0.2, 0.25) is 17.7 Å². The fourth-order valence-corrected chi connectivity index (χ4v) is 4.18. The van der Waals surface area contributed by atoms with Crippen molar-refractivity contribution in [2.45, 2.75) is 44.1 Å². The molecular weight excluding hydrogens is 360 g/mol. The van der Waals surface area contributed by atoms with Crippen LogP contribution in [0.25, 0.3) is 0 Å². The molecule has 2 atom stereocenters. The van der Waals surface area contributed by atoms with Crippen LogP contribution in [0.5, 0.6) is 5.75 Å². The van der Waals surface area contributed by atoms with Gasteiger partial charge in [-0.25, -0.2) is 0 Å². The lowest BCUT2D eigenvalue weighted by Gasteiger charge is -2.31. The normalized spacial score (nSPS) is 24.7. The number of amides is 3. The van der Waals surface area contributed by atoms with E-state index in [4.69, 9.17) is 9.47 Å². The standard InChI is InChI=1S/C21H28N2O5/c1-4-23(14-15-8-7-11-28-15)19(25)13-21(12-18(24)22(2)20(21)26)16-9-5-6-10-17(16)27-3/h5-6,9-10,15H,4,7-8,11-14H2,1-3H3. The highest BCUT2D eigenvalue weighted by molar-refractivity contribution is 6.10. The summed E-state index contributed by atoms with van der Waals surface area (Å²) in [5.41, 5.74) is -0.652. The highest BCUT2D eigenvalue weighted by Crippen LogP contribution is 2.43. The molecule has 2 aliphatic heterocycles. The first kappa shape index (κ1) is 20.3. The molecule has 0 radical (unpaired) electrons. The Labute approximate surface area is 165 Å². The van der Waals surface area contributed by atoms with Crippen LogP contribution in [0.2, 0.25) is 0 Å². The Hall–Kier alpha value is -2.41. The van der Waals surface area contributed by atoms with Crippen molar-refractivity contribution in [2.75, 3.05) is 33.9 Å². The van der Waals surface area contributed by atoms with Crippen molar-refractivity contribution in [1.82, 2.24) is 9.80 Å². The van der Waals surface area contributed by atoms with Gasteiger partial charge in [-0.15, -0.1) is 0 Å². The van der Waals surface area contributed by atoms with Crippen LogP contribution in [0.4, 0.5) is 0 Å². The van der Waals surface area contributed by atoms with Gasteiger partial charge in [0.05, 0.1) is 18.6 Å². The molecule has 3 amide bonds. The Morgan fingerprint density at radius 2 is 2.11 bits per heavy atom. The summed E-state index contributed by atoms with van der Waals surface area (Å²) in [4.78, 5) is 41.6. The second kappa shape index (κ2) is 8.31. The van der Waals surface area contributed by atoms with E-state index in [2.05, 4.69) is 0 Å². The zero-order valence-electron chi connectivity index (χ0n) is 16.8. The maximum Gasteiger partial charge on any atom is 0.240 e. The molecule has 2 saturated heterocycles. The first-order chi connectivity index (χ1) is 13.4. The average Bonchev–Trinajstić information content (AvgIpc) is 3.29. The van der Waals surface area contributed by atoms with Gasteiger partial charge in [0.1, 0.15) is 5.75 Å². The third kappa shape index (κ3) is 3.63. The van der Waals surface area contributed by atoms with Gasteiger partial charge in [-0.3, -0.25) is 19.3 Å². The van der Waals surface area contributed by atoms with Gasteiger partial charge in [0.15, 0.2) is 0 Å². The van der Waals surface area contributed by atoms with Crippen LogP contribution in [-0.4, -0.2) is 67.5 Å². The Balaban J connectivity index is 1.93. The lowest BCUT2D eigenvalue weighted by atomic mass is 9.75. The van der Waals surface area contributed by atoms with Crippen molar-refractivity contribution in [2.24, 2.45) is 0 Å². The van der Waals surface area contributed by atoms with Gasteiger partial charge in [0, 0.05) is 45.1 Å². The van der Waals surface area contributed by atoms with E-state index >= 15 is 0 Å². The van der Waals surface area contributed by atoms with Crippen molar-refractivity contribution in [3.05, 3.63) is 29.8 Å². The van der Waals surface area contributed by atoms with Crippen LogP contribution in [0, 0.1) is 0 Å². The number of likely N-dealkylation sites (tertiary alicyclic amines) is 1. The van der Waals surface area contributed by atoms with Crippen LogP contribution in [0.3, 0.4) is 0 Å². The molecule has 1 aromatic carbocycles. The SMILES string of the molecule is CCN(CC1CCCO1)C(=O)CC1(c2ccccc2OC)CC(=O)N(C)C1=O. The first-order valence-electron chi connectivity index (χ1n) is 9.76. The number of imide groups is 1. The maximum absolute atomic E-state index is 13.2. The van der Waals surface area contributed by atoms with Crippen molar-refractivity contribution in [3.8, 4) is 5.75 Å². The molecule has 0 bridgehead atoms. The van der Waals surface area contributed by atoms with Crippen LogP contribution < -0.4 is 4.74 Å². The largest absolute Gasteiger partial charge is 0.496 e. The van der Waals surface area contributed by atoms with Gasteiger partial charge < -0.3 is 14.4 Å². The molecule has 0 aliphatic carbocycles. The number of para-hydroxylation sites is 1. The summed E-state index contributed by atoms with van der Waals surface area (Å²) >= 11 is 0. The van der Waals surface area contributed by atoms with Crippen LogP contribution in [0.15, 0.2) is 24.3 Å². The lowest BCUT2D eigenvalue weighted by Crippen LogP contribution is -2.44.